The van der Waals surface area contributed by atoms with Gasteiger partial charge in [0.2, 0.25) is 0 Å². The van der Waals surface area contributed by atoms with Crippen molar-refractivity contribution < 1.29 is 31.9 Å². The molecule has 1 heterocycles. The van der Waals surface area contributed by atoms with Crippen LogP contribution in [0.2, 0.25) is 0 Å². The average Bonchev–Trinajstić information content (AvgIpc) is 2.91. The summed E-state index contributed by atoms with van der Waals surface area (Å²) < 4.78 is 58.1. The first-order valence-electron chi connectivity index (χ1n) is 8.13. The maximum Gasteiger partial charge on any atom is 0.419 e. The van der Waals surface area contributed by atoms with Gasteiger partial charge in [-0.3, -0.25) is 4.79 Å². The van der Waals surface area contributed by atoms with Crippen LogP contribution >= 0.6 is 15.9 Å². The molecule has 1 fully saturated rings. The highest BCUT2D eigenvalue weighted by atomic mass is 79.9. The normalized spacial score (nSPS) is 17.8. The number of carbonyl (C=O) groups excluding carboxylic acids is 2. The van der Waals surface area contributed by atoms with Crippen molar-refractivity contribution in [3.63, 3.8) is 0 Å². The summed E-state index contributed by atoms with van der Waals surface area (Å²) in [5.41, 5.74) is -2.87. The van der Waals surface area contributed by atoms with E-state index in [4.69, 9.17) is 4.74 Å². The zero-order valence-corrected chi connectivity index (χ0v) is 16.5. The number of alkyl carbamates (subject to hydrolysis) is 1. The Morgan fingerprint density at radius 3 is 2.44 bits per heavy atom. The number of carbonyl (C=O) groups is 2. The molecule has 2 rings (SSSR count). The minimum atomic E-state index is -4.91. The summed E-state index contributed by atoms with van der Waals surface area (Å²) in [6.07, 6.45) is -5.19. The summed E-state index contributed by atoms with van der Waals surface area (Å²) in [6, 6.07) is 1.13. The van der Waals surface area contributed by atoms with Crippen LogP contribution in [0.1, 0.15) is 43.1 Å². The summed E-state index contributed by atoms with van der Waals surface area (Å²) >= 11 is 2.94. The van der Waals surface area contributed by atoms with Crippen molar-refractivity contribution in [1.82, 2.24) is 10.2 Å². The van der Waals surface area contributed by atoms with Gasteiger partial charge in [0.25, 0.3) is 5.91 Å². The molecule has 0 aliphatic carbocycles. The Kier molecular flexibility index (Phi) is 6.08. The lowest BCUT2D eigenvalue weighted by molar-refractivity contribution is -0.140. The summed E-state index contributed by atoms with van der Waals surface area (Å²) in [4.78, 5) is 25.6. The quantitative estimate of drug-likeness (QED) is 0.675. The van der Waals surface area contributed by atoms with E-state index in [1.165, 1.54) is 4.90 Å². The Labute approximate surface area is 162 Å². The van der Waals surface area contributed by atoms with Crippen molar-refractivity contribution in [3.05, 3.63) is 33.5 Å². The number of likely N-dealkylation sites (tertiary alicyclic amines) is 1. The number of nitrogens with one attached hydrogen (secondary N) is 1. The van der Waals surface area contributed by atoms with Crippen LogP contribution in [0.15, 0.2) is 16.6 Å². The number of amides is 2. The fourth-order valence-electron chi connectivity index (χ4n) is 2.66. The van der Waals surface area contributed by atoms with Crippen molar-refractivity contribution in [2.24, 2.45) is 0 Å². The number of nitrogens with zero attached hydrogens (tertiary/aromatic N) is 1. The van der Waals surface area contributed by atoms with Crippen LogP contribution in [0, 0.1) is 5.82 Å². The molecule has 1 aliphatic heterocycles. The van der Waals surface area contributed by atoms with Crippen LogP contribution in [0.5, 0.6) is 0 Å². The summed E-state index contributed by atoms with van der Waals surface area (Å²) in [6.45, 7) is 5.31. The van der Waals surface area contributed by atoms with Crippen LogP contribution in [0.3, 0.4) is 0 Å². The second-order valence-electron chi connectivity index (χ2n) is 7.16. The van der Waals surface area contributed by atoms with Crippen LogP contribution in [0.4, 0.5) is 22.4 Å². The van der Waals surface area contributed by atoms with Gasteiger partial charge in [0, 0.05) is 17.6 Å². The van der Waals surface area contributed by atoms with E-state index in [1.54, 1.807) is 20.8 Å². The van der Waals surface area contributed by atoms with Crippen molar-refractivity contribution in [2.75, 3.05) is 13.1 Å². The Hall–Kier alpha value is -1.84. The van der Waals surface area contributed by atoms with E-state index in [0.29, 0.717) is 12.5 Å². The standard InChI is InChI=1S/C17H19BrF4N2O3/c1-16(2,3)27-15(26)23-9-6-7-24(8-9)14(25)12-11(18)5-4-10(13(12)19)17(20,21)22/h4-5,9H,6-8H2,1-3H3,(H,23,26)/t9-/m0/s1. The monoisotopic (exact) mass is 454 g/mol. The summed E-state index contributed by atoms with van der Waals surface area (Å²) in [7, 11) is 0. The molecule has 1 aromatic rings. The molecule has 0 spiro atoms. The first-order valence-corrected chi connectivity index (χ1v) is 8.93. The third-order valence-corrected chi connectivity index (χ3v) is 4.47. The molecule has 1 N–H and O–H groups in total. The first-order chi connectivity index (χ1) is 12.3. The highest BCUT2D eigenvalue weighted by molar-refractivity contribution is 9.10. The number of benzene rings is 1. The SMILES string of the molecule is CC(C)(C)OC(=O)N[C@H]1CCN(C(=O)c2c(Br)ccc(C(F)(F)F)c2F)C1. The van der Waals surface area contributed by atoms with Gasteiger partial charge in [-0.15, -0.1) is 0 Å². The van der Waals surface area contributed by atoms with Gasteiger partial charge in [-0.2, -0.15) is 13.2 Å². The smallest absolute Gasteiger partial charge is 0.419 e. The Morgan fingerprint density at radius 2 is 1.89 bits per heavy atom. The number of hydrogen-bond donors (Lipinski definition) is 1. The molecule has 2 amide bonds. The number of ether oxygens (including phenoxy) is 1. The molecule has 5 nitrogen and oxygen atoms in total. The van der Waals surface area contributed by atoms with E-state index in [-0.39, 0.29) is 17.6 Å². The fraction of sp³-hybridized carbons (Fsp3) is 0.529. The third kappa shape index (κ3) is 5.33. The van der Waals surface area contributed by atoms with E-state index in [1.807, 2.05) is 0 Å². The first kappa shape index (κ1) is 21.5. The van der Waals surface area contributed by atoms with E-state index in [9.17, 15) is 27.2 Å². The van der Waals surface area contributed by atoms with Gasteiger partial charge >= 0.3 is 12.3 Å². The van der Waals surface area contributed by atoms with Crippen molar-refractivity contribution in [1.29, 1.82) is 0 Å². The Bertz CT molecular complexity index is 747. The molecule has 0 radical (unpaired) electrons. The van der Waals surface area contributed by atoms with Crippen LogP contribution in [-0.4, -0.2) is 41.6 Å². The summed E-state index contributed by atoms with van der Waals surface area (Å²) in [5, 5.41) is 2.60. The fourth-order valence-corrected chi connectivity index (χ4v) is 3.14. The molecule has 10 heteroatoms. The van der Waals surface area contributed by atoms with Crippen LogP contribution in [-0.2, 0) is 10.9 Å². The molecule has 150 valence electrons. The third-order valence-electron chi connectivity index (χ3n) is 3.81. The van der Waals surface area contributed by atoms with Crippen molar-refractivity contribution in [2.45, 2.75) is 45.0 Å². The van der Waals surface area contributed by atoms with Gasteiger partial charge in [-0.05, 0) is 55.3 Å². The van der Waals surface area contributed by atoms with Gasteiger partial charge in [0.15, 0.2) is 0 Å². The van der Waals surface area contributed by atoms with Crippen LogP contribution < -0.4 is 5.32 Å². The molecule has 1 saturated heterocycles. The van der Waals surface area contributed by atoms with Crippen molar-refractivity contribution >= 4 is 27.9 Å². The maximum absolute atomic E-state index is 14.3. The lowest BCUT2D eigenvalue weighted by Gasteiger charge is -2.22. The van der Waals surface area contributed by atoms with E-state index in [0.717, 1.165) is 6.07 Å². The molecule has 1 atom stereocenters. The molecule has 0 aromatic heterocycles. The van der Waals surface area contributed by atoms with E-state index < -0.39 is 46.8 Å². The second-order valence-corrected chi connectivity index (χ2v) is 8.02. The number of halogens is 5. The molecule has 1 aliphatic rings. The zero-order chi connectivity index (χ0) is 20.6. The van der Waals surface area contributed by atoms with Crippen LogP contribution in [0.25, 0.3) is 0 Å². The van der Waals surface area contributed by atoms with E-state index >= 15 is 0 Å². The average molecular weight is 455 g/mol. The molecule has 0 unspecified atom stereocenters. The topological polar surface area (TPSA) is 58.6 Å². The minimum Gasteiger partial charge on any atom is -0.444 e. The lowest BCUT2D eigenvalue weighted by Crippen LogP contribution is -2.41. The number of rotatable bonds is 2. The number of alkyl halides is 3. The van der Waals surface area contributed by atoms with Gasteiger partial charge < -0.3 is 15.0 Å². The Morgan fingerprint density at radius 1 is 1.26 bits per heavy atom. The van der Waals surface area contributed by atoms with Gasteiger partial charge in [-0.25, -0.2) is 9.18 Å². The minimum absolute atomic E-state index is 0.0419. The van der Waals surface area contributed by atoms with E-state index in [2.05, 4.69) is 21.2 Å². The summed E-state index contributed by atoms with van der Waals surface area (Å²) in [5.74, 6) is -2.50. The number of hydrogen-bond acceptors (Lipinski definition) is 3. The predicted molar refractivity (Wildman–Crippen MR) is 92.8 cm³/mol. The van der Waals surface area contributed by atoms with Gasteiger partial charge in [0.1, 0.15) is 11.4 Å². The molecule has 0 bridgehead atoms. The van der Waals surface area contributed by atoms with Gasteiger partial charge in [0.05, 0.1) is 17.2 Å². The largest absolute Gasteiger partial charge is 0.444 e. The highest BCUT2D eigenvalue weighted by Gasteiger charge is 2.38. The van der Waals surface area contributed by atoms with Gasteiger partial charge in [-0.1, -0.05) is 0 Å². The van der Waals surface area contributed by atoms with Crippen molar-refractivity contribution in [3.8, 4) is 0 Å². The molecular weight excluding hydrogens is 436 g/mol. The molecule has 27 heavy (non-hydrogen) atoms. The Balaban J connectivity index is 2.13. The molecular formula is C17H19BrF4N2O3. The predicted octanol–water partition coefficient (Wildman–Crippen LogP) is 4.35. The molecule has 0 saturated carbocycles. The molecule has 1 aromatic carbocycles. The highest BCUT2D eigenvalue weighted by Crippen LogP contribution is 2.35. The lowest BCUT2D eigenvalue weighted by atomic mass is 10.1. The zero-order valence-electron chi connectivity index (χ0n) is 14.9. The maximum atomic E-state index is 14.3. The second kappa shape index (κ2) is 7.65.